The van der Waals surface area contributed by atoms with Crippen molar-refractivity contribution in [2.75, 3.05) is 6.54 Å². The first-order valence-corrected chi connectivity index (χ1v) is 8.64. The number of carbonyl (C=O) groups excluding carboxylic acids is 1. The van der Waals surface area contributed by atoms with E-state index in [0.29, 0.717) is 13.0 Å². The molecular formula is C19H19ClFN3O. The lowest BCUT2D eigenvalue weighted by molar-refractivity contribution is 0.0954. The first kappa shape index (κ1) is 17.4. The molecule has 0 aliphatic carbocycles. The monoisotopic (exact) mass is 359 g/mol. The Labute approximate surface area is 150 Å². The van der Waals surface area contributed by atoms with Crippen molar-refractivity contribution in [2.45, 2.75) is 26.3 Å². The number of nitrogens with zero attached hydrogens (tertiary/aromatic N) is 2. The summed E-state index contributed by atoms with van der Waals surface area (Å²) in [6.07, 6.45) is 5.56. The number of fused-ring (bicyclic) bond motifs is 1. The van der Waals surface area contributed by atoms with Crippen molar-refractivity contribution in [3.05, 3.63) is 64.7 Å². The largest absolute Gasteiger partial charge is 0.352 e. The molecular weight excluding hydrogens is 341 g/mol. The number of pyridine rings is 1. The van der Waals surface area contributed by atoms with E-state index in [0.717, 1.165) is 35.6 Å². The molecule has 0 saturated heterocycles. The second-order valence-corrected chi connectivity index (χ2v) is 6.26. The van der Waals surface area contributed by atoms with Crippen molar-refractivity contribution in [1.82, 2.24) is 14.9 Å². The summed E-state index contributed by atoms with van der Waals surface area (Å²) in [5, 5.41) is 4.13. The predicted molar refractivity (Wildman–Crippen MR) is 97.5 cm³/mol. The van der Waals surface area contributed by atoms with Gasteiger partial charge in [0.1, 0.15) is 11.5 Å². The van der Waals surface area contributed by atoms with Crippen LogP contribution in [0.2, 0.25) is 5.02 Å². The number of aromatic nitrogens is 2. The van der Waals surface area contributed by atoms with E-state index in [4.69, 9.17) is 11.6 Å². The van der Waals surface area contributed by atoms with Crippen LogP contribution in [0.25, 0.3) is 11.0 Å². The van der Waals surface area contributed by atoms with Gasteiger partial charge in [-0.2, -0.15) is 0 Å². The van der Waals surface area contributed by atoms with Crippen molar-refractivity contribution in [1.29, 1.82) is 0 Å². The van der Waals surface area contributed by atoms with Gasteiger partial charge in [0.15, 0.2) is 0 Å². The Hall–Kier alpha value is -2.40. The highest BCUT2D eigenvalue weighted by Gasteiger charge is 2.12. The van der Waals surface area contributed by atoms with Gasteiger partial charge in [-0.05, 0) is 48.7 Å². The fraction of sp³-hybridized carbons (Fsp3) is 0.263. The molecule has 0 spiro atoms. The summed E-state index contributed by atoms with van der Waals surface area (Å²) < 4.78 is 15.4. The number of carbonyl (C=O) groups is 1. The minimum atomic E-state index is -0.483. The zero-order valence-corrected chi connectivity index (χ0v) is 14.7. The third kappa shape index (κ3) is 3.82. The van der Waals surface area contributed by atoms with Gasteiger partial charge in [0.25, 0.3) is 5.91 Å². The number of rotatable bonds is 6. The van der Waals surface area contributed by atoms with Crippen LogP contribution in [0.5, 0.6) is 0 Å². The smallest absolute Gasteiger partial charge is 0.252 e. The Morgan fingerprint density at radius 2 is 2.20 bits per heavy atom. The van der Waals surface area contributed by atoms with Crippen molar-refractivity contribution in [2.24, 2.45) is 0 Å². The third-order valence-electron chi connectivity index (χ3n) is 4.03. The number of nitrogens with one attached hydrogen (secondary N) is 1. The Morgan fingerprint density at radius 3 is 3.00 bits per heavy atom. The number of benzene rings is 1. The molecule has 0 aliphatic heterocycles. The normalized spacial score (nSPS) is 11.0. The molecule has 4 nitrogen and oxygen atoms in total. The number of hydrogen-bond donors (Lipinski definition) is 1. The van der Waals surface area contributed by atoms with Gasteiger partial charge in [0.2, 0.25) is 0 Å². The molecule has 6 heteroatoms. The van der Waals surface area contributed by atoms with Crippen LogP contribution in [-0.2, 0) is 13.0 Å². The maximum atomic E-state index is 13.3. The quantitative estimate of drug-likeness (QED) is 0.716. The van der Waals surface area contributed by atoms with Crippen LogP contribution in [0.1, 0.15) is 29.3 Å². The molecule has 0 unspecified atom stereocenters. The maximum Gasteiger partial charge on any atom is 0.252 e. The van der Waals surface area contributed by atoms with Crippen LogP contribution in [0.4, 0.5) is 4.39 Å². The van der Waals surface area contributed by atoms with E-state index in [1.54, 1.807) is 6.20 Å². The molecule has 0 aliphatic rings. The lowest BCUT2D eigenvalue weighted by Gasteiger charge is -2.06. The summed E-state index contributed by atoms with van der Waals surface area (Å²) >= 11 is 5.96. The van der Waals surface area contributed by atoms with E-state index in [2.05, 4.69) is 28.0 Å². The SMILES string of the molecule is CCCn1cc(CCNC(=O)c2cc(F)ccc2Cl)c2cccnc21. The summed E-state index contributed by atoms with van der Waals surface area (Å²) in [5.41, 5.74) is 2.23. The van der Waals surface area contributed by atoms with Gasteiger partial charge < -0.3 is 9.88 Å². The molecule has 1 N–H and O–H groups in total. The third-order valence-corrected chi connectivity index (χ3v) is 4.36. The molecule has 0 bridgehead atoms. The highest BCUT2D eigenvalue weighted by Crippen LogP contribution is 2.20. The van der Waals surface area contributed by atoms with Crippen molar-refractivity contribution < 1.29 is 9.18 Å². The predicted octanol–water partition coefficient (Wildman–Crippen LogP) is 4.21. The second kappa shape index (κ2) is 7.66. The van der Waals surface area contributed by atoms with Crippen LogP contribution in [0.15, 0.2) is 42.7 Å². The average molecular weight is 360 g/mol. The summed E-state index contributed by atoms with van der Waals surface area (Å²) in [7, 11) is 0. The van der Waals surface area contributed by atoms with E-state index in [1.165, 1.54) is 12.1 Å². The summed E-state index contributed by atoms with van der Waals surface area (Å²) in [4.78, 5) is 16.6. The zero-order valence-electron chi connectivity index (χ0n) is 13.9. The number of halogens is 2. The Kier molecular flexibility index (Phi) is 5.34. The van der Waals surface area contributed by atoms with Crippen LogP contribution in [-0.4, -0.2) is 22.0 Å². The molecule has 0 fully saturated rings. The molecule has 1 aromatic carbocycles. The summed E-state index contributed by atoms with van der Waals surface area (Å²) in [6, 6.07) is 7.71. The lowest BCUT2D eigenvalue weighted by Crippen LogP contribution is -2.26. The fourth-order valence-corrected chi connectivity index (χ4v) is 3.09. The molecule has 25 heavy (non-hydrogen) atoms. The molecule has 3 rings (SSSR count). The summed E-state index contributed by atoms with van der Waals surface area (Å²) in [5.74, 6) is -0.858. The van der Waals surface area contributed by atoms with Crippen LogP contribution >= 0.6 is 11.6 Å². The molecule has 3 aromatic rings. The lowest BCUT2D eigenvalue weighted by atomic mass is 10.1. The summed E-state index contributed by atoms with van der Waals surface area (Å²) in [6.45, 7) is 3.46. The molecule has 130 valence electrons. The Bertz CT molecular complexity index is 907. The molecule has 0 atom stereocenters. The maximum absolute atomic E-state index is 13.3. The first-order valence-electron chi connectivity index (χ1n) is 8.26. The molecule has 0 saturated carbocycles. The van der Waals surface area contributed by atoms with Crippen LogP contribution < -0.4 is 5.32 Å². The van der Waals surface area contributed by atoms with E-state index < -0.39 is 5.82 Å². The number of amides is 1. The molecule has 2 aromatic heterocycles. The zero-order chi connectivity index (χ0) is 17.8. The van der Waals surface area contributed by atoms with E-state index in [9.17, 15) is 9.18 Å². The van der Waals surface area contributed by atoms with Crippen LogP contribution in [0.3, 0.4) is 0 Å². The Balaban J connectivity index is 1.71. The van der Waals surface area contributed by atoms with Crippen molar-refractivity contribution in [3.63, 3.8) is 0 Å². The average Bonchev–Trinajstić information content (AvgIpc) is 2.95. The highest BCUT2D eigenvalue weighted by atomic mass is 35.5. The molecule has 1 amide bonds. The van der Waals surface area contributed by atoms with Gasteiger partial charge in [0.05, 0.1) is 10.6 Å². The van der Waals surface area contributed by atoms with Gasteiger partial charge in [-0.15, -0.1) is 0 Å². The first-order chi connectivity index (χ1) is 12.1. The molecule has 2 heterocycles. The number of aryl methyl sites for hydroxylation is 1. The standard InChI is InChI=1S/C19H19ClFN3O/c1-2-10-24-12-13(15-4-3-8-22-18(15)24)7-9-23-19(25)16-11-14(21)5-6-17(16)20/h3-6,8,11-12H,2,7,9-10H2,1H3,(H,23,25). The van der Waals surface area contributed by atoms with E-state index in [-0.39, 0.29) is 16.5 Å². The van der Waals surface area contributed by atoms with E-state index >= 15 is 0 Å². The van der Waals surface area contributed by atoms with Gasteiger partial charge in [-0.1, -0.05) is 18.5 Å². The topological polar surface area (TPSA) is 46.9 Å². The van der Waals surface area contributed by atoms with Gasteiger partial charge in [-0.3, -0.25) is 4.79 Å². The molecule has 0 radical (unpaired) electrons. The minimum Gasteiger partial charge on any atom is -0.352 e. The minimum absolute atomic E-state index is 0.150. The van der Waals surface area contributed by atoms with Gasteiger partial charge in [-0.25, -0.2) is 9.37 Å². The van der Waals surface area contributed by atoms with Gasteiger partial charge >= 0.3 is 0 Å². The van der Waals surface area contributed by atoms with Crippen molar-refractivity contribution >= 4 is 28.5 Å². The fourth-order valence-electron chi connectivity index (χ4n) is 2.88. The van der Waals surface area contributed by atoms with Crippen molar-refractivity contribution in [3.8, 4) is 0 Å². The Morgan fingerprint density at radius 1 is 1.36 bits per heavy atom. The van der Waals surface area contributed by atoms with E-state index in [1.807, 2.05) is 12.1 Å². The van der Waals surface area contributed by atoms with Gasteiger partial charge in [0, 0.05) is 30.9 Å². The second-order valence-electron chi connectivity index (χ2n) is 5.85. The highest BCUT2D eigenvalue weighted by molar-refractivity contribution is 6.33. The van der Waals surface area contributed by atoms with Crippen LogP contribution in [0, 0.1) is 5.82 Å². The number of hydrogen-bond acceptors (Lipinski definition) is 2.